The summed E-state index contributed by atoms with van der Waals surface area (Å²) in [5.74, 6) is -2.96. The number of aliphatic carboxylic acids is 1. The van der Waals surface area contributed by atoms with Crippen molar-refractivity contribution in [2.24, 2.45) is 0 Å². The quantitative estimate of drug-likeness (QED) is 0.0858. The van der Waals surface area contributed by atoms with Gasteiger partial charge >= 0.3 is 18.3 Å². The van der Waals surface area contributed by atoms with Crippen LogP contribution in [0.1, 0.15) is 70.8 Å². The molecular formula is C46H50F5N5O7. The van der Waals surface area contributed by atoms with E-state index in [9.17, 15) is 41.1 Å². The van der Waals surface area contributed by atoms with Gasteiger partial charge in [-0.25, -0.2) is 13.8 Å². The van der Waals surface area contributed by atoms with Crippen LogP contribution in [-0.2, 0) is 45.1 Å². The van der Waals surface area contributed by atoms with E-state index in [1.807, 2.05) is 43.0 Å². The minimum atomic E-state index is -4.80. The van der Waals surface area contributed by atoms with Crippen LogP contribution in [0.2, 0.25) is 0 Å². The summed E-state index contributed by atoms with van der Waals surface area (Å²) in [6.45, 7) is 9.77. The molecule has 1 amide bonds. The van der Waals surface area contributed by atoms with Crippen molar-refractivity contribution in [3.8, 4) is 16.9 Å². The fourth-order valence-electron chi connectivity index (χ4n) is 7.19. The average molecular weight is 880 g/mol. The number of carboxylic acids is 1. The van der Waals surface area contributed by atoms with Crippen LogP contribution in [0.4, 0.5) is 22.0 Å². The van der Waals surface area contributed by atoms with Crippen molar-refractivity contribution in [1.82, 2.24) is 24.3 Å². The molecule has 63 heavy (non-hydrogen) atoms. The van der Waals surface area contributed by atoms with E-state index in [2.05, 4.69) is 14.7 Å². The molecule has 1 saturated heterocycles. The van der Waals surface area contributed by atoms with Gasteiger partial charge in [-0.15, -0.1) is 13.2 Å². The standard InChI is InChI=1S/C43H44F5N5O5.C3H6O2/c1-27(2)57-41(56)42(3,4)51-22-19-33(20-23-51)52(25-28-7-9-29(10-8-28)30-12-16-34(17-13-30)58-43(46,47)48)38(54)26-53-37(18-14-31-11-15-32(44)24-36(31)45)50-40(55)35-6-5-21-49-39(35)53;1-2-3(4)5/h5-13,15-17,21,24,27,33H,14,18-20,22-23,25-26H2,1-4H3;2H2,1H3,(H,4,5). The SMILES string of the molecule is CC(C)OC(=O)C(C)(C)N1CCC(N(Cc2ccc(-c3ccc(OC(F)(F)F)cc3)cc2)C(=O)Cn2c(CCc3ccc(F)cc3F)nc(=O)c3cccnc32)CC1.CCC(=O)O. The van der Waals surface area contributed by atoms with Crippen LogP contribution >= 0.6 is 0 Å². The van der Waals surface area contributed by atoms with E-state index in [0.29, 0.717) is 31.5 Å². The molecule has 0 bridgehead atoms. The first-order valence-corrected chi connectivity index (χ1v) is 20.5. The second-order valence-corrected chi connectivity index (χ2v) is 15.8. The molecule has 17 heteroatoms. The fraction of sp³-hybridized carbons (Fsp3) is 0.391. The number of carboxylic acid groups (broad SMARTS) is 1. The lowest BCUT2D eigenvalue weighted by atomic mass is 9.95. The topological polar surface area (TPSA) is 144 Å². The van der Waals surface area contributed by atoms with Gasteiger partial charge in [-0.05, 0) is 99.5 Å². The zero-order valence-electron chi connectivity index (χ0n) is 35.6. The number of carbonyl (C=O) groups is 3. The number of aryl methyl sites for hydroxylation is 2. The summed E-state index contributed by atoms with van der Waals surface area (Å²) in [5.41, 5.74) is 1.19. The molecule has 0 saturated carbocycles. The maximum atomic E-state index is 14.7. The van der Waals surface area contributed by atoms with E-state index in [0.717, 1.165) is 23.3 Å². The van der Waals surface area contributed by atoms with Gasteiger partial charge in [0.1, 0.15) is 40.9 Å². The molecule has 0 radical (unpaired) electrons. The molecule has 12 nitrogen and oxygen atoms in total. The summed E-state index contributed by atoms with van der Waals surface area (Å²) in [6.07, 6.45) is -2.15. The highest BCUT2D eigenvalue weighted by molar-refractivity contribution is 5.81. The van der Waals surface area contributed by atoms with Crippen LogP contribution in [0.15, 0.2) is 89.9 Å². The number of likely N-dealkylation sites (tertiary alicyclic amines) is 1. The zero-order valence-corrected chi connectivity index (χ0v) is 35.6. The van der Waals surface area contributed by atoms with Crippen molar-refractivity contribution in [3.63, 3.8) is 0 Å². The molecule has 3 aromatic carbocycles. The van der Waals surface area contributed by atoms with Crippen molar-refractivity contribution in [2.75, 3.05) is 13.1 Å². The Kier molecular flexibility index (Phi) is 15.8. The highest BCUT2D eigenvalue weighted by Crippen LogP contribution is 2.29. The van der Waals surface area contributed by atoms with Crippen LogP contribution in [0.5, 0.6) is 5.75 Å². The van der Waals surface area contributed by atoms with Gasteiger partial charge in [0.15, 0.2) is 0 Å². The number of piperidine rings is 1. The Morgan fingerprint density at radius 2 is 1.54 bits per heavy atom. The van der Waals surface area contributed by atoms with Crippen molar-refractivity contribution in [2.45, 2.75) is 104 Å². The highest BCUT2D eigenvalue weighted by Gasteiger charge is 2.40. The minimum Gasteiger partial charge on any atom is -0.481 e. The van der Waals surface area contributed by atoms with Gasteiger partial charge < -0.3 is 24.0 Å². The second-order valence-electron chi connectivity index (χ2n) is 15.8. The number of esters is 1. The molecule has 0 aliphatic carbocycles. The third-order valence-corrected chi connectivity index (χ3v) is 10.6. The average Bonchev–Trinajstić information content (AvgIpc) is 3.23. The van der Waals surface area contributed by atoms with Gasteiger partial charge in [0, 0.05) is 50.8 Å². The lowest BCUT2D eigenvalue weighted by molar-refractivity contribution is -0.274. The Morgan fingerprint density at radius 3 is 2.11 bits per heavy atom. The molecule has 6 rings (SSSR count). The van der Waals surface area contributed by atoms with Crippen LogP contribution in [0.25, 0.3) is 22.2 Å². The number of ether oxygens (including phenoxy) is 2. The molecular weight excluding hydrogens is 830 g/mol. The van der Waals surface area contributed by atoms with Gasteiger partial charge in [-0.3, -0.25) is 24.1 Å². The number of halogens is 5. The van der Waals surface area contributed by atoms with Gasteiger partial charge in [0.05, 0.1) is 11.5 Å². The molecule has 336 valence electrons. The van der Waals surface area contributed by atoms with Crippen molar-refractivity contribution in [3.05, 3.63) is 124 Å². The first-order valence-electron chi connectivity index (χ1n) is 20.5. The number of fused-ring (bicyclic) bond motifs is 1. The van der Waals surface area contributed by atoms with E-state index >= 15 is 0 Å². The maximum Gasteiger partial charge on any atom is 0.573 e. The molecule has 2 aromatic heterocycles. The van der Waals surface area contributed by atoms with Crippen molar-refractivity contribution < 1.29 is 50.9 Å². The number of alkyl halides is 3. The van der Waals surface area contributed by atoms with Crippen LogP contribution < -0.4 is 10.3 Å². The molecule has 3 heterocycles. The Labute approximate surface area is 361 Å². The van der Waals surface area contributed by atoms with E-state index < -0.39 is 35.1 Å². The molecule has 1 N–H and O–H groups in total. The van der Waals surface area contributed by atoms with E-state index in [1.54, 1.807) is 42.4 Å². The van der Waals surface area contributed by atoms with Crippen LogP contribution in [0.3, 0.4) is 0 Å². The highest BCUT2D eigenvalue weighted by atomic mass is 19.4. The number of hydrogen-bond acceptors (Lipinski definition) is 9. The normalized spacial score (nSPS) is 13.6. The predicted molar refractivity (Wildman–Crippen MR) is 225 cm³/mol. The maximum absolute atomic E-state index is 14.7. The number of rotatable bonds is 14. The van der Waals surface area contributed by atoms with Crippen molar-refractivity contribution >= 4 is 28.9 Å². The lowest BCUT2D eigenvalue weighted by Gasteiger charge is -2.44. The molecule has 0 unspecified atom stereocenters. The predicted octanol–water partition coefficient (Wildman–Crippen LogP) is 8.12. The molecule has 0 atom stereocenters. The van der Waals surface area contributed by atoms with Gasteiger partial charge in [-0.1, -0.05) is 49.4 Å². The number of nitrogens with zero attached hydrogens (tertiary/aromatic N) is 5. The van der Waals surface area contributed by atoms with E-state index in [1.165, 1.54) is 36.5 Å². The largest absolute Gasteiger partial charge is 0.573 e. The Hall–Kier alpha value is -6.23. The third kappa shape index (κ3) is 12.9. The van der Waals surface area contributed by atoms with Crippen LogP contribution in [0, 0.1) is 11.6 Å². The third-order valence-electron chi connectivity index (χ3n) is 10.6. The van der Waals surface area contributed by atoms with Gasteiger partial charge in [0.2, 0.25) is 5.91 Å². The number of benzene rings is 3. The summed E-state index contributed by atoms with van der Waals surface area (Å²) < 4.78 is 77.4. The lowest BCUT2D eigenvalue weighted by Crippen LogP contribution is -2.57. The fourth-order valence-corrected chi connectivity index (χ4v) is 7.19. The zero-order chi connectivity index (χ0) is 46.1. The number of carbonyl (C=O) groups excluding carboxylic acids is 2. The van der Waals surface area contributed by atoms with Crippen molar-refractivity contribution in [1.29, 1.82) is 0 Å². The Bertz CT molecular complexity index is 2430. The first-order chi connectivity index (χ1) is 29.7. The molecule has 1 aliphatic rings. The first kappa shape index (κ1) is 47.8. The molecule has 1 fully saturated rings. The Morgan fingerprint density at radius 1 is 0.921 bits per heavy atom. The number of hydrogen-bond donors (Lipinski definition) is 1. The number of aromatic nitrogens is 3. The second kappa shape index (κ2) is 20.8. The minimum absolute atomic E-state index is 0.0578. The molecule has 1 aliphatic heterocycles. The number of pyridine rings is 1. The molecule has 0 spiro atoms. The summed E-state index contributed by atoms with van der Waals surface area (Å²) in [7, 11) is 0. The molecule has 5 aromatic rings. The Balaban J connectivity index is 0.00000141. The monoisotopic (exact) mass is 879 g/mol. The number of amides is 1. The van der Waals surface area contributed by atoms with Crippen LogP contribution in [-0.4, -0.2) is 84.4 Å². The summed E-state index contributed by atoms with van der Waals surface area (Å²) >= 11 is 0. The smallest absolute Gasteiger partial charge is 0.481 e. The van der Waals surface area contributed by atoms with E-state index in [4.69, 9.17) is 9.84 Å². The summed E-state index contributed by atoms with van der Waals surface area (Å²) in [4.78, 5) is 62.8. The summed E-state index contributed by atoms with van der Waals surface area (Å²) in [5, 5.41) is 7.93. The summed E-state index contributed by atoms with van der Waals surface area (Å²) in [6, 6.07) is 19.0. The van der Waals surface area contributed by atoms with E-state index in [-0.39, 0.29) is 84.5 Å². The van der Waals surface area contributed by atoms with Gasteiger partial charge in [0.25, 0.3) is 5.56 Å². The van der Waals surface area contributed by atoms with Gasteiger partial charge in [-0.2, -0.15) is 4.98 Å².